The van der Waals surface area contributed by atoms with E-state index in [1.807, 2.05) is 36.4 Å². The van der Waals surface area contributed by atoms with Crippen LogP contribution in [0.4, 0.5) is 0 Å². The summed E-state index contributed by atoms with van der Waals surface area (Å²) in [5, 5.41) is 10.6. The van der Waals surface area contributed by atoms with Gasteiger partial charge in [0.1, 0.15) is 5.75 Å². The zero-order valence-electron chi connectivity index (χ0n) is 23.8. The Balaban J connectivity index is 2.09. The Bertz CT molecular complexity index is 1170. The van der Waals surface area contributed by atoms with Gasteiger partial charge in [0.05, 0.1) is 12.2 Å². The summed E-state index contributed by atoms with van der Waals surface area (Å²) >= 11 is 0. The van der Waals surface area contributed by atoms with E-state index < -0.39 is 0 Å². The largest absolute Gasteiger partial charge is 0.507 e. The third-order valence-electron chi connectivity index (χ3n) is 6.91. The van der Waals surface area contributed by atoms with Gasteiger partial charge in [-0.15, -0.1) is 0 Å². The molecule has 3 heteroatoms. The van der Waals surface area contributed by atoms with Crippen LogP contribution in [0.1, 0.15) is 107 Å². The van der Waals surface area contributed by atoms with Gasteiger partial charge in [-0.25, -0.2) is 4.79 Å². The van der Waals surface area contributed by atoms with Crippen LogP contribution in [0.3, 0.4) is 0 Å². The Kier molecular flexibility index (Phi) is 9.23. The van der Waals surface area contributed by atoms with Crippen molar-refractivity contribution in [2.45, 2.75) is 91.4 Å². The fourth-order valence-corrected chi connectivity index (χ4v) is 4.92. The van der Waals surface area contributed by atoms with E-state index in [-0.39, 0.29) is 22.5 Å². The highest BCUT2D eigenvalue weighted by Gasteiger charge is 2.28. The number of hydrogen-bond donors (Lipinski definition) is 1. The summed E-state index contributed by atoms with van der Waals surface area (Å²) in [6.07, 6.45) is 5.01. The molecular weight excluding hydrogens is 456 g/mol. The number of para-hydroxylation sites is 1. The standard InChI is InChI=1S/C34H44O3/c1-8-9-10-15-20-37-32(36)25-22-29(33(2,3)4)28(30(23-25)34(5,6)7)21-24-16-11-12-17-26(24)27-18-13-14-19-31(27)35/h11-14,16-19,22-23,35H,8-10,15,20-21H2,1-7H3. The van der Waals surface area contributed by atoms with Crippen LogP contribution in [0.25, 0.3) is 11.1 Å². The van der Waals surface area contributed by atoms with Crippen molar-refractivity contribution in [2.75, 3.05) is 6.61 Å². The predicted molar refractivity (Wildman–Crippen MR) is 155 cm³/mol. The molecule has 0 atom stereocenters. The Morgan fingerprint density at radius 3 is 1.92 bits per heavy atom. The topological polar surface area (TPSA) is 46.5 Å². The highest BCUT2D eigenvalue weighted by atomic mass is 16.5. The van der Waals surface area contributed by atoms with Crippen LogP contribution in [0.2, 0.25) is 0 Å². The van der Waals surface area contributed by atoms with Gasteiger partial charge >= 0.3 is 5.97 Å². The molecule has 198 valence electrons. The van der Waals surface area contributed by atoms with Crippen LogP contribution in [-0.2, 0) is 22.0 Å². The molecule has 0 fully saturated rings. The molecule has 0 aliphatic carbocycles. The van der Waals surface area contributed by atoms with Gasteiger partial charge < -0.3 is 9.84 Å². The van der Waals surface area contributed by atoms with E-state index in [9.17, 15) is 9.90 Å². The lowest BCUT2D eigenvalue weighted by atomic mass is 9.73. The molecule has 0 aliphatic heterocycles. The van der Waals surface area contributed by atoms with Crippen LogP contribution >= 0.6 is 0 Å². The Morgan fingerprint density at radius 1 is 0.784 bits per heavy atom. The van der Waals surface area contributed by atoms with Crippen LogP contribution in [0.5, 0.6) is 5.75 Å². The minimum atomic E-state index is -0.242. The Morgan fingerprint density at radius 2 is 1.35 bits per heavy atom. The summed E-state index contributed by atoms with van der Waals surface area (Å²) in [5.41, 5.74) is 6.84. The first kappa shape index (κ1) is 28.5. The molecule has 0 heterocycles. The molecule has 3 nitrogen and oxygen atoms in total. The fourth-order valence-electron chi connectivity index (χ4n) is 4.92. The molecule has 0 saturated heterocycles. The van der Waals surface area contributed by atoms with Crippen molar-refractivity contribution in [1.29, 1.82) is 0 Å². The maximum absolute atomic E-state index is 13.1. The van der Waals surface area contributed by atoms with Crippen LogP contribution < -0.4 is 0 Å². The minimum Gasteiger partial charge on any atom is -0.507 e. The van der Waals surface area contributed by atoms with Crippen molar-refractivity contribution in [3.05, 3.63) is 88.5 Å². The summed E-state index contributed by atoms with van der Waals surface area (Å²) in [5.74, 6) is 0.0349. The van der Waals surface area contributed by atoms with Gasteiger partial charge in [-0.05, 0) is 69.7 Å². The molecule has 0 spiro atoms. The average Bonchev–Trinajstić information content (AvgIpc) is 2.83. The molecule has 0 aromatic heterocycles. The molecule has 0 unspecified atom stereocenters. The molecule has 37 heavy (non-hydrogen) atoms. The van der Waals surface area contributed by atoms with E-state index in [0.29, 0.717) is 18.6 Å². The normalized spacial score (nSPS) is 12.0. The van der Waals surface area contributed by atoms with Gasteiger partial charge in [0.15, 0.2) is 0 Å². The highest BCUT2D eigenvalue weighted by Crippen LogP contribution is 2.39. The maximum Gasteiger partial charge on any atom is 0.338 e. The summed E-state index contributed by atoms with van der Waals surface area (Å²) in [7, 11) is 0. The molecule has 0 amide bonds. The number of aromatic hydroxyl groups is 1. The van der Waals surface area contributed by atoms with Gasteiger partial charge in [0.2, 0.25) is 0 Å². The van der Waals surface area contributed by atoms with Crippen LogP contribution in [0.15, 0.2) is 60.7 Å². The number of unbranched alkanes of at least 4 members (excludes halogenated alkanes) is 3. The quantitative estimate of drug-likeness (QED) is 0.235. The third kappa shape index (κ3) is 7.25. The van der Waals surface area contributed by atoms with E-state index in [0.717, 1.165) is 53.5 Å². The van der Waals surface area contributed by atoms with Crippen LogP contribution in [0, 0.1) is 0 Å². The molecule has 0 bridgehead atoms. The second-order valence-electron chi connectivity index (χ2n) is 12.1. The Labute approximate surface area is 223 Å². The summed E-state index contributed by atoms with van der Waals surface area (Å²) in [6, 6.07) is 19.9. The third-order valence-corrected chi connectivity index (χ3v) is 6.91. The second-order valence-corrected chi connectivity index (χ2v) is 12.1. The van der Waals surface area contributed by atoms with Gasteiger partial charge in [-0.2, -0.15) is 0 Å². The zero-order valence-corrected chi connectivity index (χ0v) is 23.8. The highest BCUT2D eigenvalue weighted by molar-refractivity contribution is 5.90. The number of hydrogen-bond acceptors (Lipinski definition) is 3. The first-order valence-corrected chi connectivity index (χ1v) is 13.6. The number of carbonyl (C=O) groups is 1. The van der Waals surface area contributed by atoms with E-state index >= 15 is 0 Å². The van der Waals surface area contributed by atoms with Gasteiger partial charge in [-0.3, -0.25) is 0 Å². The van der Waals surface area contributed by atoms with Crippen molar-refractivity contribution in [2.24, 2.45) is 0 Å². The van der Waals surface area contributed by atoms with Crippen LogP contribution in [-0.4, -0.2) is 17.7 Å². The SMILES string of the molecule is CCCCCCOC(=O)c1cc(C(C)(C)C)c(Cc2ccccc2-c2ccccc2O)c(C(C)(C)C)c1. The average molecular weight is 501 g/mol. The molecule has 1 N–H and O–H groups in total. The van der Waals surface area contributed by atoms with Crippen molar-refractivity contribution in [1.82, 2.24) is 0 Å². The van der Waals surface area contributed by atoms with Gasteiger partial charge in [-0.1, -0.05) is 110 Å². The number of ether oxygens (including phenoxy) is 1. The van der Waals surface area contributed by atoms with Crippen molar-refractivity contribution >= 4 is 5.97 Å². The van der Waals surface area contributed by atoms with Crippen molar-refractivity contribution in [3.8, 4) is 16.9 Å². The lowest BCUT2D eigenvalue weighted by Crippen LogP contribution is -2.23. The van der Waals surface area contributed by atoms with E-state index in [4.69, 9.17) is 4.74 Å². The summed E-state index contributed by atoms with van der Waals surface area (Å²) < 4.78 is 5.69. The van der Waals surface area contributed by atoms with Gasteiger partial charge in [0, 0.05) is 5.56 Å². The molecule has 0 aliphatic rings. The molecule has 3 aromatic rings. The number of carbonyl (C=O) groups excluding carboxylic acids is 1. The first-order chi connectivity index (χ1) is 17.4. The molecule has 3 rings (SSSR count). The second kappa shape index (κ2) is 12.0. The lowest BCUT2D eigenvalue weighted by molar-refractivity contribution is 0.0497. The van der Waals surface area contributed by atoms with Crippen molar-refractivity contribution < 1.29 is 14.6 Å². The van der Waals surface area contributed by atoms with Crippen molar-refractivity contribution in [3.63, 3.8) is 0 Å². The maximum atomic E-state index is 13.1. The lowest BCUT2D eigenvalue weighted by Gasteiger charge is -2.31. The molecule has 0 saturated carbocycles. The predicted octanol–water partition coefficient (Wildman–Crippen LogP) is 8.98. The molecule has 3 aromatic carbocycles. The van der Waals surface area contributed by atoms with E-state index in [2.05, 4.69) is 66.7 Å². The number of esters is 1. The Hall–Kier alpha value is -3.07. The fraction of sp³-hybridized carbons (Fsp3) is 0.441. The smallest absolute Gasteiger partial charge is 0.338 e. The number of phenolic OH excluding ortho intramolecular Hbond substituents is 1. The summed E-state index contributed by atoms with van der Waals surface area (Å²) in [4.78, 5) is 13.1. The number of rotatable bonds is 9. The zero-order chi connectivity index (χ0) is 27.2. The monoisotopic (exact) mass is 500 g/mol. The number of benzene rings is 3. The van der Waals surface area contributed by atoms with E-state index in [1.54, 1.807) is 6.07 Å². The first-order valence-electron chi connectivity index (χ1n) is 13.6. The minimum absolute atomic E-state index is 0.170. The van der Waals surface area contributed by atoms with E-state index in [1.165, 1.54) is 5.56 Å². The van der Waals surface area contributed by atoms with Gasteiger partial charge in [0.25, 0.3) is 0 Å². The molecular formula is C34H44O3. The summed E-state index contributed by atoms with van der Waals surface area (Å²) in [6.45, 7) is 15.8. The molecule has 0 radical (unpaired) electrons. The number of phenols is 1.